The second-order valence-electron chi connectivity index (χ2n) is 4.67. The first kappa shape index (κ1) is 13.2. The summed E-state index contributed by atoms with van der Waals surface area (Å²) in [5.41, 5.74) is 1.14. The maximum absolute atomic E-state index is 5.94. The van der Waals surface area contributed by atoms with E-state index >= 15 is 0 Å². The summed E-state index contributed by atoms with van der Waals surface area (Å²) < 4.78 is 0. The molecule has 0 saturated heterocycles. The van der Waals surface area contributed by atoms with Crippen LogP contribution in [0.25, 0.3) is 0 Å². The lowest BCUT2D eigenvalue weighted by Crippen LogP contribution is -2.30. The predicted molar refractivity (Wildman–Crippen MR) is 73.8 cm³/mol. The minimum Gasteiger partial charge on any atom is -0.311 e. The topological polar surface area (TPSA) is 15.3 Å². The highest BCUT2D eigenvalue weighted by Gasteiger charge is 2.25. The molecule has 0 radical (unpaired) electrons. The Kier molecular flexibility index (Phi) is 4.69. The van der Waals surface area contributed by atoms with Gasteiger partial charge in [0.05, 0.1) is 0 Å². The van der Waals surface area contributed by atoms with Crippen LogP contribution in [0.1, 0.15) is 18.4 Å². The number of hydrogen-bond donors (Lipinski definition) is 1. The summed E-state index contributed by atoms with van der Waals surface area (Å²) in [5.74, 6) is 0. The summed E-state index contributed by atoms with van der Waals surface area (Å²) in [6.07, 6.45) is 2.72. The van der Waals surface area contributed by atoms with Crippen molar-refractivity contribution in [2.45, 2.75) is 25.4 Å². The van der Waals surface area contributed by atoms with Gasteiger partial charge >= 0.3 is 0 Å². The second-order valence-corrected chi connectivity index (χ2v) is 5.54. The Bertz CT molecular complexity index is 357. The third-order valence-corrected chi connectivity index (χ3v) is 3.50. The Balaban J connectivity index is 1.70. The van der Waals surface area contributed by atoms with Crippen molar-refractivity contribution in [3.8, 4) is 0 Å². The molecule has 1 aliphatic carbocycles. The van der Waals surface area contributed by atoms with Crippen molar-refractivity contribution in [3.63, 3.8) is 0 Å². The minimum absolute atomic E-state index is 0.699. The number of benzene rings is 1. The SMILES string of the molecule is CN(CCNCc1cc(Cl)cc(Cl)c1)C1CC1. The summed E-state index contributed by atoms with van der Waals surface area (Å²) in [4.78, 5) is 2.41. The van der Waals surface area contributed by atoms with Crippen LogP contribution in [0, 0.1) is 0 Å². The fourth-order valence-electron chi connectivity index (χ4n) is 1.90. The first-order valence-corrected chi connectivity index (χ1v) is 6.76. The van der Waals surface area contributed by atoms with E-state index < -0.39 is 0 Å². The third kappa shape index (κ3) is 4.47. The number of halogens is 2. The molecule has 0 aromatic heterocycles. The van der Waals surface area contributed by atoms with Crippen LogP contribution in [-0.4, -0.2) is 31.1 Å². The van der Waals surface area contributed by atoms with Gasteiger partial charge in [0.25, 0.3) is 0 Å². The summed E-state index contributed by atoms with van der Waals surface area (Å²) in [5, 5.41) is 4.81. The van der Waals surface area contributed by atoms with Gasteiger partial charge in [-0.15, -0.1) is 0 Å². The predicted octanol–water partition coefficient (Wildman–Crippen LogP) is 3.18. The molecule has 1 aromatic rings. The van der Waals surface area contributed by atoms with Gasteiger partial charge in [-0.05, 0) is 43.7 Å². The van der Waals surface area contributed by atoms with Crippen molar-refractivity contribution >= 4 is 23.2 Å². The minimum atomic E-state index is 0.699. The van der Waals surface area contributed by atoms with Gasteiger partial charge in [0.15, 0.2) is 0 Å². The molecule has 2 rings (SSSR count). The highest BCUT2D eigenvalue weighted by Crippen LogP contribution is 2.24. The third-order valence-electron chi connectivity index (χ3n) is 3.06. The van der Waals surface area contributed by atoms with E-state index in [0.717, 1.165) is 31.2 Å². The van der Waals surface area contributed by atoms with Crippen LogP contribution < -0.4 is 5.32 Å². The molecule has 1 aromatic carbocycles. The molecular weight excluding hydrogens is 255 g/mol. The maximum atomic E-state index is 5.94. The van der Waals surface area contributed by atoms with Gasteiger partial charge < -0.3 is 10.2 Å². The standard InChI is InChI=1S/C13H18Cl2N2/c1-17(13-2-3-13)5-4-16-9-10-6-11(14)8-12(15)7-10/h6-8,13,16H,2-5,9H2,1H3. The van der Waals surface area contributed by atoms with E-state index in [1.165, 1.54) is 12.8 Å². The summed E-state index contributed by atoms with van der Waals surface area (Å²) in [7, 11) is 2.19. The molecule has 0 spiro atoms. The molecule has 0 amide bonds. The van der Waals surface area contributed by atoms with Crippen LogP contribution in [0.2, 0.25) is 10.0 Å². The van der Waals surface area contributed by atoms with Crippen molar-refractivity contribution < 1.29 is 0 Å². The number of nitrogens with one attached hydrogen (secondary N) is 1. The molecule has 4 heteroatoms. The van der Waals surface area contributed by atoms with Gasteiger partial charge in [-0.2, -0.15) is 0 Å². The molecule has 2 nitrogen and oxygen atoms in total. The number of rotatable bonds is 6. The molecule has 17 heavy (non-hydrogen) atoms. The zero-order chi connectivity index (χ0) is 12.3. The van der Waals surface area contributed by atoms with Crippen LogP contribution in [0.5, 0.6) is 0 Å². The van der Waals surface area contributed by atoms with Gasteiger partial charge in [-0.1, -0.05) is 23.2 Å². The van der Waals surface area contributed by atoms with Crippen LogP contribution in [-0.2, 0) is 6.54 Å². The van der Waals surface area contributed by atoms with Crippen molar-refractivity contribution in [2.75, 3.05) is 20.1 Å². The van der Waals surface area contributed by atoms with E-state index in [-0.39, 0.29) is 0 Å². The van der Waals surface area contributed by atoms with E-state index in [9.17, 15) is 0 Å². The largest absolute Gasteiger partial charge is 0.311 e. The van der Waals surface area contributed by atoms with Crippen LogP contribution in [0.3, 0.4) is 0 Å². The molecule has 94 valence electrons. The Hall–Kier alpha value is -0.280. The molecule has 0 aliphatic heterocycles. The van der Waals surface area contributed by atoms with E-state index in [2.05, 4.69) is 17.3 Å². The first-order chi connectivity index (χ1) is 8.15. The molecule has 0 heterocycles. The van der Waals surface area contributed by atoms with Crippen LogP contribution >= 0.6 is 23.2 Å². The quantitative estimate of drug-likeness (QED) is 0.801. The van der Waals surface area contributed by atoms with Gasteiger partial charge in [0, 0.05) is 35.7 Å². The van der Waals surface area contributed by atoms with Gasteiger partial charge in [-0.3, -0.25) is 0 Å². The lowest BCUT2D eigenvalue weighted by Gasteiger charge is -2.15. The highest BCUT2D eigenvalue weighted by atomic mass is 35.5. The van der Waals surface area contributed by atoms with Gasteiger partial charge in [0.2, 0.25) is 0 Å². The lowest BCUT2D eigenvalue weighted by molar-refractivity contribution is 0.321. The van der Waals surface area contributed by atoms with Gasteiger partial charge in [-0.25, -0.2) is 0 Å². The van der Waals surface area contributed by atoms with E-state index in [1.807, 2.05) is 12.1 Å². The lowest BCUT2D eigenvalue weighted by atomic mass is 10.2. The zero-order valence-corrected chi connectivity index (χ0v) is 11.6. The molecule has 0 atom stereocenters. The number of hydrogen-bond acceptors (Lipinski definition) is 2. The fourth-order valence-corrected chi connectivity index (χ4v) is 2.47. The average molecular weight is 273 g/mol. The fraction of sp³-hybridized carbons (Fsp3) is 0.538. The van der Waals surface area contributed by atoms with Crippen molar-refractivity contribution in [1.82, 2.24) is 10.2 Å². The van der Waals surface area contributed by atoms with Gasteiger partial charge in [0.1, 0.15) is 0 Å². The number of nitrogens with zero attached hydrogens (tertiary/aromatic N) is 1. The smallest absolute Gasteiger partial charge is 0.0424 e. The molecule has 1 saturated carbocycles. The Morgan fingerprint density at radius 2 is 1.88 bits per heavy atom. The normalized spacial score (nSPS) is 15.5. The first-order valence-electron chi connectivity index (χ1n) is 6.01. The molecule has 0 unspecified atom stereocenters. The molecule has 1 fully saturated rings. The monoisotopic (exact) mass is 272 g/mol. The molecule has 1 aliphatic rings. The summed E-state index contributed by atoms with van der Waals surface area (Å²) in [6.45, 7) is 2.91. The number of likely N-dealkylation sites (N-methyl/N-ethyl adjacent to an activating group) is 1. The van der Waals surface area contributed by atoms with E-state index in [0.29, 0.717) is 10.0 Å². The molecular formula is C13H18Cl2N2. The highest BCUT2D eigenvalue weighted by molar-refractivity contribution is 6.34. The van der Waals surface area contributed by atoms with E-state index in [4.69, 9.17) is 23.2 Å². The summed E-state index contributed by atoms with van der Waals surface area (Å²) in [6, 6.07) is 6.49. The molecule has 1 N–H and O–H groups in total. The Morgan fingerprint density at radius 3 is 2.47 bits per heavy atom. The van der Waals surface area contributed by atoms with Crippen molar-refractivity contribution in [2.24, 2.45) is 0 Å². The maximum Gasteiger partial charge on any atom is 0.0424 e. The summed E-state index contributed by atoms with van der Waals surface area (Å²) >= 11 is 11.9. The zero-order valence-electron chi connectivity index (χ0n) is 10.0. The van der Waals surface area contributed by atoms with Crippen LogP contribution in [0.15, 0.2) is 18.2 Å². The Morgan fingerprint density at radius 1 is 1.24 bits per heavy atom. The van der Waals surface area contributed by atoms with Crippen molar-refractivity contribution in [1.29, 1.82) is 0 Å². The van der Waals surface area contributed by atoms with Crippen LogP contribution in [0.4, 0.5) is 0 Å². The molecule has 0 bridgehead atoms. The Labute approximate surface area is 113 Å². The van der Waals surface area contributed by atoms with E-state index in [1.54, 1.807) is 6.07 Å². The second kappa shape index (κ2) is 6.05. The van der Waals surface area contributed by atoms with Crippen molar-refractivity contribution in [3.05, 3.63) is 33.8 Å². The average Bonchev–Trinajstić information content (AvgIpc) is 3.06.